The van der Waals surface area contributed by atoms with Crippen molar-refractivity contribution in [2.24, 2.45) is 7.05 Å². The lowest BCUT2D eigenvalue weighted by Gasteiger charge is -2.37. The van der Waals surface area contributed by atoms with Gasteiger partial charge in [-0.15, -0.1) is 0 Å². The van der Waals surface area contributed by atoms with Crippen molar-refractivity contribution in [3.63, 3.8) is 0 Å². The Balaban J connectivity index is 2.42. The number of rotatable bonds is 2. The number of nitrogens with zero attached hydrogens (tertiary/aromatic N) is 3. The molecule has 1 saturated heterocycles. The summed E-state index contributed by atoms with van der Waals surface area (Å²) in [5.74, 6) is -0.254. The Morgan fingerprint density at radius 3 is 2.72 bits per heavy atom. The van der Waals surface area contributed by atoms with Crippen LogP contribution in [0.15, 0.2) is 6.20 Å². The van der Waals surface area contributed by atoms with Crippen LogP contribution in [0, 0.1) is 0 Å². The van der Waals surface area contributed by atoms with Crippen LogP contribution in [0.5, 0.6) is 0 Å². The molecule has 98 valence electrons. The number of carbonyl (C=O) groups is 2. The summed E-state index contributed by atoms with van der Waals surface area (Å²) in [7, 11) is 1.81. The zero-order valence-corrected chi connectivity index (χ0v) is 11.1. The SMILES string of the molecule is CCc1nn(C)cc1N1CC(=O)NC(C)(C)C1=O. The molecule has 2 amide bonds. The molecule has 1 aliphatic rings. The van der Waals surface area contributed by atoms with E-state index < -0.39 is 5.54 Å². The number of aryl methyl sites for hydroxylation is 2. The van der Waals surface area contributed by atoms with Gasteiger partial charge in [-0.3, -0.25) is 19.2 Å². The summed E-state index contributed by atoms with van der Waals surface area (Å²) < 4.78 is 1.67. The molecular weight excluding hydrogens is 232 g/mol. The van der Waals surface area contributed by atoms with Gasteiger partial charge in [-0.2, -0.15) is 5.10 Å². The third kappa shape index (κ3) is 1.98. The van der Waals surface area contributed by atoms with Crippen molar-refractivity contribution in [2.75, 3.05) is 11.4 Å². The van der Waals surface area contributed by atoms with Crippen molar-refractivity contribution in [2.45, 2.75) is 32.7 Å². The fourth-order valence-corrected chi connectivity index (χ4v) is 2.19. The highest BCUT2D eigenvalue weighted by atomic mass is 16.2. The smallest absolute Gasteiger partial charge is 0.252 e. The lowest BCUT2D eigenvalue weighted by atomic mass is 10.00. The Morgan fingerprint density at radius 2 is 2.11 bits per heavy atom. The molecular formula is C12H18N4O2. The molecule has 18 heavy (non-hydrogen) atoms. The maximum Gasteiger partial charge on any atom is 0.252 e. The maximum atomic E-state index is 12.3. The predicted molar refractivity (Wildman–Crippen MR) is 67.2 cm³/mol. The van der Waals surface area contributed by atoms with Crippen LogP contribution in [0.3, 0.4) is 0 Å². The fraction of sp³-hybridized carbons (Fsp3) is 0.583. The van der Waals surface area contributed by atoms with Gasteiger partial charge in [0.05, 0.1) is 11.4 Å². The Bertz CT molecular complexity index is 504. The van der Waals surface area contributed by atoms with Gasteiger partial charge < -0.3 is 5.32 Å². The van der Waals surface area contributed by atoms with Crippen molar-refractivity contribution < 1.29 is 9.59 Å². The number of amides is 2. The van der Waals surface area contributed by atoms with E-state index >= 15 is 0 Å². The van der Waals surface area contributed by atoms with Crippen molar-refractivity contribution in [3.05, 3.63) is 11.9 Å². The first-order valence-corrected chi connectivity index (χ1v) is 6.00. The van der Waals surface area contributed by atoms with Crippen molar-refractivity contribution in [3.8, 4) is 0 Å². The number of hydrogen-bond acceptors (Lipinski definition) is 3. The van der Waals surface area contributed by atoms with E-state index in [0.717, 1.165) is 17.8 Å². The van der Waals surface area contributed by atoms with Crippen LogP contribution in [0.4, 0.5) is 5.69 Å². The number of piperazine rings is 1. The van der Waals surface area contributed by atoms with E-state index in [1.54, 1.807) is 24.7 Å². The van der Waals surface area contributed by atoms with Crippen molar-refractivity contribution in [1.29, 1.82) is 0 Å². The van der Waals surface area contributed by atoms with E-state index in [4.69, 9.17) is 0 Å². The maximum absolute atomic E-state index is 12.3. The van der Waals surface area contributed by atoms with Gasteiger partial charge >= 0.3 is 0 Å². The van der Waals surface area contributed by atoms with Crippen LogP contribution in [0.25, 0.3) is 0 Å². The van der Waals surface area contributed by atoms with Gasteiger partial charge in [0.1, 0.15) is 12.1 Å². The molecule has 0 spiro atoms. The van der Waals surface area contributed by atoms with Gasteiger partial charge in [-0.1, -0.05) is 6.92 Å². The first-order chi connectivity index (χ1) is 8.35. The van der Waals surface area contributed by atoms with Gasteiger partial charge in [-0.05, 0) is 20.3 Å². The second kappa shape index (κ2) is 4.12. The zero-order chi connectivity index (χ0) is 13.5. The molecule has 1 fully saturated rings. The van der Waals surface area contributed by atoms with Crippen molar-refractivity contribution in [1.82, 2.24) is 15.1 Å². The minimum Gasteiger partial charge on any atom is -0.341 e. The summed E-state index contributed by atoms with van der Waals surface area (Å²) in [4.78, 5) is 25.5. The molecule has 2 heterocycles. The second-order valence-electron chi connectivity index (χ2n) is 5.05. The largest absolute Gasteiger partial charge is 0.341 e. The average molecular weight is 250 g/mol. The number of carbonyl (C=O) groups excluding carboxylic acids is 2. The van der Waals surface area contributed by atoms with Gasteiger partial charge in [0.2, 0.25) is 5.91 Å². The number of nitrogens with one attached hydrogen (secondary N) is 1. The second-order valence-corrected chi connectivity index (χ2v) is 5.05. The van der Waals surface area contributed by atoms with E-state index in [1.807, 2.05) is 14.0 Å². The lowest BCUT2D eigenvalue weighted by Crippen LogP contribution is -2.64. The number of hydrogen-bond donors (Lipinski definition) is 1. The summed E-state index contributed by atoms with van der Waals surface area (Å²) in [6.07, 6.45) is 2.51. The van der Waals surface area contributed by atoms with Crippen LogP contribution in [-0.2, 0) is 23.1 Å². The minimum absolute atomic E-state index is 0.0565. The summed E-state index contributed by atoms with van der Waals surface area (Å²) in [6.45, 7) is 5.45. The number of anilines is 1. The molecule has 1 N–H and O–H groups in total. The monoisotopic (exact) mass is 250 g/mol. The Morgan fingerprint density at radius 1 is 1.44 bits per heavy atom. The molecule has 0 atom stereocenters. The normalized spacial score (nSPS) is 19.0. The van der Waals surface area contributed by atoms with Crippen LogP contribution in [0.1, 0.15) is 26.5 Å². The van der Waals surface area contributed by atoms with Crippen LogP contribution in [0.2, 0.25) is 0 Å². The predicted octanol–water partition coefficient (Wildman–Crippen LogP) is 0.224. The molecule has 0 unspecified atom stereocenters. The highest BCUT2D eigenvalue weighted by Gasteiger charge is 2.40. The molecule has 0 radical (unpaired) electrons. The lowest BCUT2D eigenvalue weighted by molar-refractivity contribution is -0.134. The first-order valence-electron chi connectivity index (χ1n) is 6.00. The van der Waals surface area contributed by atoms with Gasteiger partial charge in [-0.25, -0.2) is 0 Å². The molecule has 0 bridgehead atoms. The molecule has 1 aliphatic heterocycles. The van der Waals surface area contributed by atoms with Crippen LogP contribution >= 0.6 is 0 Å². The van der Waals surface area contributed by atoms with Gasteiger partial charge in [0, 0.05) is 13.2 Å². The molecule has 0 aromatic carbocycles. The summed E-state index contributed by atoms with van der Waals surface area (Å²) in [5, 5.41) is 6.99. The Kier molecular flexibility index (Phi) is 2.88. The molecule has 0 saturated carbocycles. The van der Waals surface area contributed by atoms with Gasteiger partial charge in [0.25, 0.3) is 5.91 Å². The summed E-state index contributed by atoms with van der Waals surface area (Å²) in [5.41, 5.74) is 0.695. The minimum atomic E-state index is -0.865. The summed E-state index contributed by atoms with van der Waals surface area (Å²) in [6, 6.07) is 0. The summed E-state index contributed by atoms with van der Waals surface area (Å²) >= 11 is 0. The van der Waals surface area contributed by atoms with E-state index in [0.29, 0.717) is 0 Å². The Hall–Kier alpha value is -1.85. The first kappa shape index (κ1) is 12.6. The third-order valence-electron chi connectivity index (χ3n) is 3.04. The standard InChI is InChI=1S/C12H18N4O2/c1-5-8-9(6-15(4)14-8)16-7-10(17)13-12(2,3)11(16)18/h6H,5,7H2,1-4H3,(H,13,17). The highest BCUT2D eigenvalue weighted by Crippen LogP contribution is 2.24. The molecule has 1 aromatic rings. The van der Waals surface area contributed by atoms with Crippen LogP contribution in [-0.4, -0.2) is 33.7 Å². The van der Waals surface area contributed by atoms with E-state index in [9.17, 15) is 9.59 Å². The average Bonchev–Trinajstić information content (AvgIpc) is 2.64. The molecule has 2 rings (SSSR count). The molecule has 6 nitrogen and oxygen atoms in total. The van der Waals surface area contributed by atoms with E-state index in [2.05, 4.69) is 10.4 Å². The van der Waals surface area contributed by atoms with E-state index in [1.165, 1.54) is 4.90 Å². The number of aromatic nitrogens is 2. The highest BCUT2D eigenvalue weighted by molar-refractivity contribution is 6.08. The van der Waals surface area contributed by atoms with Gasteiger partial charge in [0.15, 0.2) is 0 Å². The zero-order valence-electron chi connectivity index (χ0n) is 11.1. The quantitative estimate of drug-likeness (QED) is 0.816. The third-order valence-corrected chi connectivity index (χ3v) is 3.04. The van der Waals surface area contributed by atoms with E-state index in [-0.39, 0.29) is 18.4 Å². The molecule has 6 heteroatoms. The topological polar surface area (TPSA) is 67.2 Å². The molecule has 0 aliphatic carbocycles. The van der Waals surface area contributed by atoms with Crippen molar-refractivity contribution >= 4 is 17.5 Å². The van der Waals surface area contributed by atoms with Crippen LogP contribution < -0.4 is 10.2 Å². The Labute approximate surface area is 106 Å². The fourth-order valence-electron chi connectivity index (χ4n) is 2.19. The molecule has 1 aromatic heterocycles.